The molecule has 0 heterocycles. The molecule has 2 nitrogen and oxygen atoms in total. The molecule has 8 heavy (non-hydrogen) atoms. The summed E-state index contributed by atoms with van der Waals surface area (Å²) in [5.74, 6) is 0. The third-order valence-corrected chi connectivity index (χ3v) is 1.46. The predicted molar refractivity (Wildman–Crippen MR) is 33.4 cm³/mol. The van der Waals surface area contributed by atoms with Gasteiger partial charge in [0.25, 0.3) is 0 Å². The van der Waals surface area contributed by atoms with Crippen molar-refractivity contribution in [1.82, 2.24) is 0 Å². The minimum absolute atomic E-state index is 0.225. The van der Waals surface area contributed by atoms with E-state index in [0.29, 0.717) is 0 Å². The summed E-state index contributed by atoms with van der Waals surface area (Å²) in [5.41, 5.74) is 0. The normalized spacial score (nSPS) is 13.9. The molecule has 0 amide bonds. The summed E-state index contributed by atoms with van der Waals surface area (Å²) in [6.45, 7) is 4.06. The molecule has 3 heteroatoms. The minimum Gasteiger partial charge on any atom is -0.409 e. The molecule has 0 aliphatic rings. The van der Waals surface area contributed by atoms with Crippen LogP contribution in [0.4, 0.5) is 0 Å². The molecule has 1 atom stereocenters. The molecular formula is C5H12O2Si. The summed E-state index contributed by atoms with van der Waals surface area (Å²) in [6, 6.07) is 0. The van der Waals surface area contributed by atoms with Crippen LogP contribution in [0.1, 0.15) is 26.7 Å². The molecule has 2 radical (unpaired) electrons. The molecule has 0 fully saturated rings. The summed E-state index contributed by atoms with van der Waals surface area (Å²) in [4.78, 5) is 8.27. The van der Waals surface area contributed by atoms with Gasteiger partial charge in [-0.05, 0) is 13.3 Å². The molecule has 0 saturated carbocycles. The van der Waals surface area contributed by atoms with Crippen LogP contribution in [0.15, 0.2) is 0 Å². The van der Waals surface area contributed by atoms with E-state index in [1.54, 1.807) is 0 Å². The largest absolute Gasteiger partial charge is 0.430 e. The number of hydrogen-bond acceptors (Lipinski definition) is 2. The first-order valence-electron chi connectivity index (χ1n) is 2.86. The average molecular weight is 132 g/mol. The zero-order valence-electron chi connectivity index (χ0n) is 5.35. The fourth-order valence-electron chi connectivity index (χ4n) is 0.555. The molecule has 0 saturated heterocycles. The van der Waals surface area contributed by atoms with Crippen molar-refractivity contribution in [3.05, 3.63) is 0 Å². The smallest absolute Gasteiger partial charge is 0.409 e. The molecule has 0 aliphatic heterocycles. The Morgan fingerprint density at radius 1 is 1.75 bits per heavy atom. The Morgan fingerprint density at radius 2 is 2.38 bits per heavy atom. The van der Waals surface area contributed by atoms with E-state index in [0.717, 1.165) is 12.8 Å². The van der Waals surface area contributed by atoms with Gasteiger partial charge in [-0.15, -0.1) is 0 Å². The van der Waals surface area contributed by atoms with Crippen molar-refractivity contribution in [2.45, 2.75) is 32.8 Å². The van der Waals surface area contributed by atoms with Gasteiger partial charge in [-0.3, -0.25) is 0 Å². The van der Waals surface area contributed by atoms with Gasteiger partial charge in [0.15, 0.2) is 0 Å². The predicted octanol–water partition coefficient (Wildman–Crippen LogP) is 0.718. The van der Waals surface area contributed by atoms with Gasteiger partial charge >= 0.3 is 10.0 Å². The molecule has 48 valence electrons. The van der Waals surface area contributed by atoms with Gasteiger partial charge in [0.2, 0.25) is 0 Å². The monoisotopic (exact) mass is 132 g/mol. The maximum absolute atomic E-state index is 8.27. The summed E-state index contributed by atoms with van der Waals surface area (Å²) >= 11 is 0. The summed E-state index contributed by atoms with van der Waals surface area (Å²) in [6.07, 6.45) is 2.38. The van der Waals surface area contributed by atoms with E-state index >= 15 is 0 Å². The van der Waals surface area contributed by atoms with Crippen molar-refractivity contribution in [1.29, 1.82) is 0 Å². The average Bonchev–Trinajstić information content (AvgIpc) is 1.68. The second-order valence-electron chi connectivity index (χ2n) is 1.81. The van der Waals surface area contributed by atoms with E-state index < -0.39 is 0 Å². The maximum Gasteiger partial charge on any atom is 0.430 e. The van der Waals surface area contributed by atoms with Crippen LogP contribution in [-0.2, 0) is 4.43 Å². The van der Waals surface area contributed by atoms with Crippen LogP contribution in [0, 0.1) is 0 Å². The van der Waals surface area contributed by atoms with Gasteiger partial charge in [-0.2, -0.15) is 0 Å². The van der Waals surface area contributed by atoms with Crippen molar-refractivity contribution >= 4 is 10.0 Å². The molecule has 0 bridgehead atoms. The van der Waals surface area contributed by atoms with Crippen molar-refractivity contribution < 1.29 is 9.22 Å². The van der Waals surface area contributed by atoms with Crippen molar-refractivity contribution in [2.24, 2.45) is 0 Å². The van der Waals surface area contributed by atoms with Crippen LogP contribution in [-0.4, -0.2) is 20.9 Å². The standard InChI is InChI=1S/C5H12O2Si/c1-3-4-5(2)7-8-6/h5-6H,3-4H2,1-2H3. The highest BCUT2D eigenvalue weighted by molar-refractivity contribution is 6.15. The lowest BCUT2D eigenvalue weighted by Gasteiger charge is -2.06. The highest BCUT2D eigenvalue weighted by atomic mass is 28.2. The molecule has 1 N–H and O–H groups in total. The number of rotatable bonds is 4. The summed E-state index contributed by atoms with van der Waals surface area (Å²) in [7, 11) is -0.352. The van der Waals surface area contributed by atoms with Crippen LogP contribution in [0.3, 0.4) is 0 Å². The second kappa shape index (κ2) is 5.28. The van der Waals surface area contributed by atoms with Gasteiger partial charge in [-0.25, -0.2) is 0 Å². The Balaban J connectivity index is 2.92. The third kappa shape index (κ3) is 4.30. The second-order valence-corrected chi connectivity index (χ2v) is 2.23. The Labute approximate surface area is 52.9 Å². The van der Waals surface area contributed by atoms with E-state index in [1.165, 1.54) is 0 Å². The fourth-order valence-corrected chi connectivity index (χ4v) is 0.853. The molecule has 0 spiro atoms. The molecule has 0 rings (SSSR count). The van der Waals surface area contributed by atoms with Crippen molar-refractivity contribution in [3.63, 3.8) is 0 Å². The van der Waals surface area contributed by atoms with E-state index in [2.05, 4.69) is 6.92 Å². The first kappa shape index (κ1) is 8.14. The van der Waals surface area contributed by atoms with Crippen LogP contribution in [0.2, 0.25) is 0 Å². The molecule has 0 aromatic carbocycles. The first-order valence-corrected chi connectivity index (χ1v) is 3.71. The lowest BCUT2D eigenvalue weighted by atomic mass is 10.2. The third-order valence-electron chi connectivity index (χ3n) is 0.949. The molecule has 0 aromatic rings. The Bertz CT molecular complexity index is 43.7. The lowest BCUT2D eigenvalue weighted by Crippen LogP contribution is -2.10. The lowest BCUT2D eigenvalue weighted by molar-refractivity contribution is 0.190. The van der Waals surface area contributed by atoms with E-state index in [-0.39, 0.29) is 16.1 Å². The summed E-state index contributed by atoms with van der Waals surface area (Å²) in [5, 5.41) is 0. The van der Waals surface area contributed by atoms with Gasteiger partial charge in [-0.1, -0.05) is 13.3 Å². The fraction of sp³-hybridized carbons (Fsp3) is 1.00. The van der Waals surface area contributed by atoms with E-state index in [1.807, 2.05) is 6.92 Å². The van der Waals surface area contributed by atoms with Crippen LogP contribution in [0.25, 0.3) is 0 Å². The quantitative estimate of drug-likeness (QED) is 0.571. The van der Waals surface area contributed by atoms with E-state index in [4.69, 9.17) is 9.22 Å². The summed E-state index contributed by atoms with van der Waals surface area (Å²) < 4.78 is 4.87. The Kier molecular flexibility index (Phi) is 5.37. The molecule has 0 aliphatic carbocycles. The first-order chi connectivity index (χ1) is 3.81. The highest BCUT2D eigenvalue weighted by Gasteiger charge is 1.97. The zero-order chi connectivity index (χ0) is 6.41. The molecule has 1 unspecified atom stereocenters. The highest BCUT2D eigenvalue weighted by Crippen LogP contribution is 1.97. The van der Waals surface area contributed by atoms with Gasteiger partial charge in [0, 0.05) is 6.10 Å². The van der Waals surface area contributed by atoms with Crippen molar-refractivity contribution in [3.8, 4) is 0 Å². The Hall–Kier alpha value is 0.137. The SMILES string of the molecule is CCCC(C)O[Si]O. The number of hydrogen-bond donors (Lipinski definition) is 1. The van der Waals surface area contributed by atoms with Crippen LogP contribution in [0.5, 0.6) is 0 Å². The van der Waals surface area contributed by atoms with Crippen LogP contribution >= 0.6 is 0 Å². The van der Waals surface area contributed by atoms with Gasteiger partial charge in [0.05, 0.1) is 0 Å². The minimum atomic E-state index is -0.352. The van der Waals surface area contributed by atoms with Gasteiger partial charge < -0.3 is 9.22 Å². The van der Waals surface area contributed by atoms with Crippen LogP contribution < -0.4 is 0 Å². The topological polar surface area (TPSA) is 29.5 Å². The van der Waals surface area contributed by atoms with Gasteiger partial charge in [0.1, 0.15) is 0 Å². The van der Waals surface area contributed by atoms with E-state index in [9.17, 15) is 0 Å². The zero-order valence-corrected chi connectivity index (χ0v) is 6.35. The van der Waals surface area contributed by atoms with Crippen molar-refractivity contribution in [2.75, 3.05) is 0 Å². The molecular weight excluding hydrogens is 120 g/mol. The maximum atomic E-state index is 8.27. The molecule has 0 aromatic heterocycles. The Morgan fingerprint density at radius 3 is 2.75 bits per heavy atom.